The van der Waals surface area contributed by atoms with Gasteiger partial charge in [0.05, 0.1) is 5.75 Å². The van der Waals surface area contributed by atoms with E-state index in [1.54, 1.807) is 6.92 Å². The quantitative estimate of drug-likeness (QED) is 0.631. The maximum atomic E-state index is 11.4. The minimum absolute atomic E-state index is 0.270. The second-order valence-electron chi connectivity index (χ2n) is 5.50. The first-order chi connectivity index (χ1) is 8.41. The molecule has 0 radical (unpaired) electrons. The van der Waals surface area contributed by atoms with Crippen molar-refractivity contribution in [1.82, 2.24) is 5.32 Å². The summed E-state index contributed by atoms with van der Waals surface area (Å²) in [4.78, 5) is 0. The van der Waals surface area contributed by atoms with E-state index in [0.717, 1.165) is 38.1 Å². The summed E-state index contributed by atoms with van der Waals surface area (Å²) in [7, 11) is -2.79. The molecule has 0 aliphatic heterocycles. The molecule has 4 heteroatoms. The summed E-state index contributed by atoms with van der Waals surface area (Å²) in [6.07, 6.45) is 5.26. The lowest BCUT2D eigenvalue weighted by Crippen LogP contribution is -2.30. The summed E-state index contributed by atoms with van der Waals surface area (Å²) in [6, 6.07) is 0.486. The van der Waals surface area contributed by atoms with Gasteiger partial charge in [-0.1, -0.05) is 27.7 Å². The Kier molecular flexibility index (Phi) is 9.74. The minimum atomic E-state index is -2.79. The number of sulfone groups is 1. The largest absolute Gasteiger partial charge is 0.314 e. The summed E-state index contributed by atoms with van der Waals surface area (Å²) >= 11 is 0. The fraction of sp³-hybridized carbons (Fsp3) is 1.00. The molecular formula is C14H31NO2S. The van der Waals surface area contributed by atoms with Gasteiger partial charge >= 0.3 is 0 Å². The van der Waals surface area contributed by atoms with Crippen LogP contribution in [0.2, 0.25) is 0 Å². The van der Waals surface area contributed by atoms with Gasteiger partial charge in [0.15, 0.2) is 0 Å². The van der Waals surface area contributed by atoms with Gasteiger partial charge in [0.25, 0.3) is 0 Å². The van der Waals surface area contributed by atoms with E-state index in [0.29, 0.717) is 11.8 Å². The van der Waals surface area contributed by atoms with E-state index in [1.165, 1.54) is 6.42 Å². The summed E-state index contributed by atoms with van der Waals surface area (Å²) in [5.41, 5.74) is 0. The van der Waals surface area contributed by atoms with Crippen molar-refractivity contribution >= 4 is 9.84 Å². The lowest BCUT2D eigenvalue weighted by atomic mass is 10.0. The topological polar surface area (TPSA) is 46.2 Å². The molecule has 1 atom stereocenters. The summed E-state index contributed by atoms with van der Waals surface area (Å²) in [6.45, 7) is 9.38. The van der Waals surface area contributed by atoms with Gasteiger partial charge in [0, 0.05) is 11.8 Å². The average Bonchev–Trinajstić information content (AvgIpc) is 2.31. The summed E-state index contributed by atoms with van der Waals surface area (Å²) in [5, 5.41) is 3.53. The summed E-state index contributed by atoms with van der Waals surface area (Å²) < 4.78 is 22.9. The smallest absolute Gasteiger partial charge is 0.150 e. The number of hydrogen-bond acceptors (Lipinski definition) is 3. The molecular weight excluding hydrogens is 246 g/mol. The maximum Gasteiger partial charge on any atom is 0.150 e. The highest BCUT2D eigenvalue weighted by Crippen LogP contribution is 2.11. The number of hydrogen-bond donors (Lipinski definition) is 1. The molecule has 0 saturated carbocycles. The Hall–Kier alpha value is -0.0900. The van der Waals surface area contributed by atoms with Gasteiger partial charge in [-0.2, -0.15) is 0 Å². The SMILES string of the molecule is CCCNC(CCCS(=O)(=O)CC)CCC(C)C. The average molecular weight is 277 g/mol. The van der Waals surface area contributed by atoms with Crippen LogP contribution in [-0.4, -0.2) is 32.5 Å². The van der Waals surface area contributed by atoms with Crippen LogP contribution in [0.4, 0.5) is 0 Å². The van der Waals surface area contributed by atoms with Gasteiger partial charge in [-0.15, -0.1) is 0 Å². The maximum absolute atomic E-state index is 11.4. The Balaban J connectivity index is 3.99. The highest BCUT2D eigenvalue weighted by molar-refractivity contribution is 7.91. The van der Waals surface area contributed by atoms with Crippen LogP contribution in [0.25, 0.3) is 0 Å². The van der Waals surface area contributed by atoms with Gasteiger partial charge in [0.1, 0.15) is 9.84 Å². The predicted molar refractivity (Wildman–Crippen MR) is 79.7 cm³/mol. The van der Waals surface area contributed by atoms with E-state index >= 15 is 0 Å². The Labute approximate surface area is 114 Å². The van der Waals surface area contributed by atoms with Crippen molar-refractivity contribution in [3.8, 4) is 0 Å². The van der Waals surface area contributed by atoms with Crippen LogP contribution in [0, 0.1) is 5.92 Å². The normalized spacial score (nSPS) is 14.1. The first-order valence-corrected chi connectivity index (χ1v) is 9.17. The first-order valence-electron chi connectivity index (χ1n) is 7.35. The van der Waals surface area contributed by atoms with Crippen LogP contribution >= 0.6 is 0 Å². The van der Waals surface area contributed by atoms with Crippen LogP contribution in [0.15, 0.2) is 0 Å². The Bertz CT molecular complexity index is 286. The predicted octanol–water partition coefficient (Wildman–Crippen LogP) is 3.01. The molecule has 0 aromatic carbocycles. The van der Waals surface area contributed by atoms with E-state index in [1.807, 2.05) is 0 Å². The highest BCUT2D eigenvalue weighted by atomic mass is 32.2. The van der Waals surface area contributed by atoms with E-state index in [9.17, 15) is 8.42 Å². The standard InChI is InChI=1S/C14H31NO2S/c1-5-11-15-14(10-9-13(3)4)8-7-12-18(16,17)6-2/h13-15H,5-12H2,1-4H3. The first kappa shape index (κ1) is 17.9. The van der Waals surface area contributed by atoms with Crippen LogP contribution in [0.5, 0.6) is 0 Å². The fourth-order valence-corrected chi connectivity index (χ4v) is 2.82. The molecule has 0 aromatic rings. The van der Waals surface area contributed by atoms with Gasteiger partial charge in [0.2, 0.25) is 0 Å². The monoisotopic (exact) mass is 277 g/mol. The Morgan fingerprint density at radius 2 is 1.72 bits per heavy atom. The van der Waals surface area contributed by atoms with Crippen molar-refractivity contribution in [2.45, 2.75) is 65.8 Å². The van der Waals surface area contributed by atoms with E-state index in [2.05, 4.69) is 26.1 Å². The number of rotatable bonds is 11. The molecule has 0 bridgehead atoms. The lowest BCUT2D eigenvalue weighted by Gasteiger charge is -2.19. The van der Waals surface area contributed by atoms with E-state index in [4.69, 9.17) is 0 Å². The van der Waals surface area contributed by atoms with E-state index in [-0.39, 0.29) is 5.75 Å². The van der Waals surface area contributed by atoms with Gasteiger partial charge in [-0.25, -0.2) is 8.42 Å². The molecule has 0 fully saturated rings. The molecule has 0 amide bonds. The van der Waals surface area contributed by atoms with Crippen LogP contribution in [0.1, 0.15) is 59.8 Å². The molecule has 110 valence electrons. The third-order valence-electron chi connectivity index (χ3n) is 3.22. The molecule has 3 nitrogen and oxygen atoms in total. The summed E-state index contributed by atoms with van der Waals surface area (Å²) in [5.74, 6) is 1.33. The molecule has 0 spiro atoms. The number of nitrogens with one attached hydrogen (secondary N) is 1. The van der Waals surface area contributed by atoms with Crippen molar-refractivity contribution in [3.05, 3.63) is 0 Å². The van der Waals surface area contributed by atoms with E-state index < -0.39 is 9.84 Å². The van der Waals surface area contributed by atoms with Crippen molar-refractivity contribution in [3.63, 3.8) is 0 Å². The zero-order valence-corrected chi connectivity index (χ0v) is 13.4. The molecule has 18 heavy (non-hydrogen) atoms. The van der Waals surface area contributed by atoms with Gasteiger partial charge < -0.3 is 5.32 Å². The zero-order valence-electron chi connectivity index (χ0n) is 12.5. The molecule has 0 heterocycles. The molecule has 1 N–H and O–H groups in total. The Morgan fingerprint density at radius 1 is 1.06 bits per heavy atom. The van der Waals surface area contributed by atoms with Gasteiger partial charge in [-0.3, -0.25) is 0 Å². The zero-order chi connectivity index (χ0) is 14.0. The minimum Gasteiger partial charge on any atom is -0.314 e. The molecule has 0 aliphatic carbocycles. The van der Waals surface area contributed by atoms with Gasteiger partial charge in [-0.05, 0) is 44.6 Å². The van der Waals surface area contributed by atoms with Crippen molar-refractivity contribution in [1.29, 1.82) is 0 Å². The second kappa shape index (κ2) is 9.79. The molecule has 0 aliphatic rings. The molecule has 0 saturated heterocycles. The van der Waals surface area contributed by atoms with Crippen LogP contribution in [0.3, 0.4) is 0 Å². The third kappa shape index (κ3) is 9.89. The third-order valence-corrected chi connectivity index (χ3v) is 5.01. The van der Waals surface area contributed by atoms with Crippen molar-refractivity contribution in [2.75, 3.05) is 18.1 Å². The van der Waals surface area contributed by atoms with Crippen molar-refractivity contribution in [2.24, 2.45) is 5.92 Å². The van der Waals surface area contributed by atoms with Crippen LogP contribution in [-0.2, 0) is 9.84 Å². The Morgan fingerprint density at radius 3 is 2.22 bits per heavy atom. The molecule has 0 rings (SSSR count). The fourth-order valence-electron chi connectivity index (χ4n) is 1.93. The van der Waals surface area contributed by atoms with Crippen LogP contribution < -0.4 is 5.32 Å². The molecule has 0 aromatic heterocycles. The highest BCUT2D eigenvalue weighted by Gasteiger charge is 2.12. The van der Waals surface area contributed by atoms with Crippen molar-refractivity contribution < 1.29 is 8.42 Å². The lowest BCUT2D eigenvalue weighted by molar-refractivity contribution is 0.407. The molecule has 1 unspecified atom stereocenters. The second-order valence-corrected chi connectivity index (χ2v) is 7.97.